The average molecular weight is 387 g/mol. The van der Waals surface area contributed by atoms with Crippen molar-refractivity contribution in [2.45, 2.75) is 32.5 Å². The minimum Gasteiger partial charge on any atom is -0.381 e. The van der Waals surface area contributed by atoms with Crippen LogP contribution in [0.4, 0.5) is 18.9 Å². The number of carbonyl (C=O) groups excluding carboxylic acids is 1. The van der Waals surface area contributed by atoms with Gasteiger partial charge in [-0.3, -0.25) is 9.89 Å². The first-order chi connectivity index (χ1) is 13.4. The van der Waals surface area contributed by atoms with Crippen LogP contribution in [0.3, 0.4) is 0 Å². The minimum atomic E-state index is -4.37. The first-order valence-electron chi connectivity index (χ1n) is 8.96. The smallest absolute Gasteiger partial charge is 0.381 e. The van der Waals surface area contributed by atoms with Crippen molar-refractivity contribution in [3.05, 3.63) is 71.4 Å². The number of benzene rings is 2. The van der Waals surface area contributed by atoms with Gasteiger partial charge in [-0.2, -0.15) is 18.3 Å². The zero-order chi connectivity index (χ0) is 20.1. The monoisotopic (exact) mass is 387 g/mol. The molecule has 146 valence electrons. The van der Waals surface area contributed by atoms with Crippen molar-refractivity contribution in [1.82, 2.24) is 10.2 Å². The van der Waals surface area contributed by atoms with Gasteiger partial charge >= 0.3 is 6.18 Å². The molecular formula is C21H20F3N3O. The van der Waals surface area contributed by atoms with Crippen LogP contribution in [0.5, 0.6) is 0 Å². The molecule has 0 aliphatic carbocycles. The van der Waals surface area contributed by atoms with Gasteiger partial charge in [-0.05, 0) is 30.7 Å². The quantitative estimate of drug-likeness (QED) is 0.512. The van der Waals surface area contributed by atoms with Crippen molar-refractivity contribution >= 4 is 11.5 Å². The number of nitrogens with zero attached hydrogens (tertiary/aromatic N) is 1. The molecule has 4 nitrogen and oxygen atoms in total. The third-order valence-electron chi connectivity index (χ3n) is 4.35. The second kappa shape index (κ2) is 8.29. The highest BCUT2D eigenvalue weighted by atomic mass is 19.4. The SMILES string of the molecule is CCCC(=O)c1cccc(NCc2c[nH]nc2-c2ccc(C(F)(F)F)cc2)c1. The molecule has 3 aromatic rings. The highest BCUT2D eigenvalue weighted by Crippen LogP contribution is 2.31. The van der Waals surface area contributed by atoms with E-state index < -0.39 is 11.7 Å². The lowest BCUT2D eigenvalue weighted by Gasteiger charge is -2.09. The van der Waals surface area contributed by atoms with Gasteiger partial charge in [-0.25, -0.2) is 0 Å². The van der Waals surface area contributed by atoms with Crippen molar-refractivity contribution in [2.75, 3.05) is 5.32 Å². The van der Waals surface area contributed by atoms with E-state index in [0.29, 0.717) is 29.8 Å². The van der Waals surface area contributed by atoms with Crippen molar-refractivity contribution in [2.24, 2.45) is 0 Å². The molecule has 0 atom stereocenters. The molecule has 0 radical (unpaired) electrons. The van der Waals surface area contributed by atoms with Crippen molar-refractivity contribution in [3.8, 4) is 11.3 Å². The van der Waals surface area contributed by atoms with Crippen molar-refractivity contribution < 1.29 is 18.0 Å². The van der Waals surface area contributed by atoms with E-state index in [0.717, 1.165) is 29.8 Å². The van der Waals surface area contributed by atoms with E-state index in [1.807, 2.05) is 19.1 Å². The number of alkyl halides is 3. The van der Waals surface area contributed by atoms with E-state index in [1.54, 1.807) is 18.3 Å². The Morgan fingerprint density at radius 3 is 2.57 bits per heavy atom. The van der Waals surface area contributed by atoms with Gasteiger partial charge in [-0.1, -0.05) is 31.2 Å². The van der Waals surface area contributed by atoms with Crippen LogP contribution in [0.2, 0.25) is 0 Å². The number of aromatic nitrogens is 2. The number of halogens is 3. The predicted molar refractivity (Wildman–Crippen MR) is 102 cm³/mol. The van der Waals surface area contributed by atoms with Crippen LogP contribution in [0, 0.1) is 0 Å². The maximum Gasteiger partial charge on any atom is 0.416 e. The molecule has 0 saturated carbocycles. The summed E-state index contributed by atoms with van der Waals surface area (Å²) in [6.07, 6.45) is -1.37. The minimum absolute atomic E-state index is 0.0971. The number of anilines is 1. The van der Waals surface area contributed by atoms with E-state index in [-0.39, 0.29) is 5.78 Å². The molecule has 2 aromatic carbocycles. The van der Waals surface area contributed by atoms with Crippen molar-refractivity contribution in [1.29, 1.82) is 0 Å². The molecule has 7 heteroatoms. The molecule has 1 heterocycles. The zero-order valence-corrected chi connectivity index (χ0v) is 15.3. The van der Waals surface area contributed by atoms with Gasteiger partial charge in [0.2, 0.25) is 0 Å². The fraction of sp³-hybridized carbons (Fsp3) is 0.238. The maximum absolute atomic E-state index is 12.7. The van der Waals surface area contributed by atoms with Crippen LogP contribution >= 0.6 is 0 Å². The van der Waals surface area contributed by atoms with Crippen LogP contribution in [0.25, 0.3) is 11.3 Å². The van der Waals surface area contributed by atoms with Gasteiger partial charge in [0.1, 0.15) is 0 Å². The largest absolute Gasteiger partial charge is 0.416 e. The second-order valence-electron chi connectivity index (χ2n) is 6.44. The lowest BCUT2D eigenvalue weighted by Crippen LogP contribution is -2.04. The predicted octanol–water partition coefficient (Wildman–Crippen LogP) is 5.69. The Labute approximate surface area is 160 Å². The lowest BCUT2D eigenvalue weighted by molar-refractivity contribution is -0.137. The topological polar surface area (TPSA) is 57.8 Å². The van der Waals surface area contributed by atoms with E-state index in [4.69, 9.17) is 0 Å². The fourth-order valence-corrected chi connectivity index (χ4v) is 2.89. The van der Waals surface area contributed by atoms with E-state index in [9.17, 15) is 18.0 Å². The lowest BCUT2D eigenvalue weighted by atomic mass is 10.0. The Balaban J connectivity index is 1.73. The number of aromatic amines is 1. The summed E-state index contributed by atoms with van der Waals surface area (Å²) in [4.78, 5) is 12.0. The number of ketones is 1. The number of rotatable bonds is 7. The van der Waals surface area contributed by atoms with E-state index >= 15 is 0 Å². The van der Waals surface area contributed by atoms with Crippen LogP contribution < -0.4 is 5.32 Å². The summed E-state index contributed by atoms with van der Waals surface area (Å²) in [5, 5.41) is 10.2. The van der Waals surface area contributed by atoms with Gasteiger partial charge in [0.25, 0.3) is 0 Å². The first-order valence-corrected chi connectivity index (χ1v) is 8.96. The molecule has 1 aromatic heterocycles. The Morgan fingerprint density at radius 1 is 1.14 bits per heavy atom. The number of hydrogen-bond acceptors (Lipinski definition) is 3. The number of hydrogen-bond donors (Lipinski definition) is 2. The van der Waals surface area contributed by atoms with Gasteiger partial charge in [0.05, 0.1) is 11.3 Å². The van der Waals surface area contributed by atoms with E-state index in [1.165, 1.54) is 12.1 Å². The highest BCUT2D eigenvalue weighted by Gasteiger charge is 2.30. The fourth-order valence-electron chi connectivity index (χ4n) is 2.89. The normalized spacial score (nSPS) is 11.4. The summed E-state index contributed by atoms with van der Waals surface area (Å²) in [6, 6.07) is 12.2. The van der Waals surface area contributed by atoms with Gasteiger partial charge in [0, 0.05) is 41.5 Å². The first kappa shape index (κ1) is 19.7. The number of Topliss-reactive ketones (excluding diaryl/α,β-unsaturated/α-hetero) is 1. The Hall–Kier alpha value is -3.09. The number of H-pyrrole nitrogens is 1. The molecule has 3 rings (SSSR count). The summed E-state index contributed by atoms with van der Waals surface area (Å²) in [7, 11) is 0. The molecule has 0 aliphatic heterocycles. The van der Waals surface area contributed by atoms with E-state index in [2.05, 4.69) is 15.5 Å². The van der Waals surface area contributed by atoms with Crippen LogP contribution in [0.1, 0.15) is 41.3 Å². The standard InChI is InChI=1S/C21H20F3N3O/c1-2-4-19(28)15-5-3-6-18(11-15)25-12-16-13-26-27-20(16)14-7-9-17(10-8-14)21(22,23)24/h3,5-11,13,25H,2,4,12H2,1H3,(H,26,27). The molecule has 2 N–H and O–H groups in total. The summed E-state index contributed by atoms with van der Waals surface area (Å²) in [5.74, 6) is 0.0971. The molecule has 0 fully saturated rings. The Kier molecular flexibility index (Phi) is 5.82. The average Bonchev–Trinajstić information content (AvgIpc) is 3.15. The number of carbonyl (C=O) groups is 1. The third-order valence-corrected chi connectivity index (χ3v) is 4.35. The zero-order valence-electron chi connectivity index (χ0n) is 15.3. The molecule has 0 spiro atoms. The summed E-state index contributed by atoms with van der Waals surface area (Å²) < 4.78 is 38.2. The van der Waals surface area contributed by atoms with Crippen LogP contribution in [-0.4, -0.2) is 16.0 Å². The molecule has 28 heavy (non-hydrogen) atoms. The number of nitrogens with one attached hydrogen (secondary N) is 2. The molecule has 0 unspecified atom stereocenters. The highest BCUT2D eigenvalue weighted by molar-refractivity contribution is 5.96. The van der Waals surface area contributed by atoms with Crippen LogP contribution in [-0.2, 0) is 12.7 Å². The summed E-state index contributed by atoms with van der Waals surface area (Å²) in [6.45, 7) is 2.37. The summed E-state index contributed by atoms with van der Waals surface area (Å²) >= 11 is 0. The molecule has 0 amide bonds. The molecule has 0 saturated heterocycles. The third kappa shape index (κ3) is 4.60. The van der Waals surface area contributed by atoms with Gasteiger partial charge in [-0.15, -0.1) is 0 Å². The molecule has 0 bridgehead atoms. The van der Waals surface area contributed by atoms with Gasteiger partial charge in [0.15, 0.2) is 5.78 Å². The Morgan fingerprint density at radius 2 is 1.89 bits per heavy atom. The Bertz CT molecular complexity index is 946. The van der Waals surface area contributed by atoms with Gasteiger partial charge < -0.3 is 5.32 Å². The molecule has 0 aliphatic rings. The maximum atomic E-state index is 12.7. The second-order valence-corrected chi connectivity index (χ2v) is 6.44. The summed E-state index contributed by atoms with van der Waals surface area (Å²) in [5.41, 5.74) is 2.74. The van der Waals surface area contributed by atoms with Crippen molar-refractivity contribution in [3.63, 3.8) is 0 Å². The van der Waals surface area contributed by atoms with Crippen LogP contribution in [0.15, 0.2) is 54.7 Å². The molecular weight excluding hydrogens is 367 g/mol.